The van der Waals surface area contributed by atoms with Crippen LogP contribution in [0.5, 0.6) is 0 Å². The van der Waals surface area contributed by atoms with Gasteiger partial charge in [-0.15, -0.1) is 11.3 Å². The summed E-state index contributed by atoms with van der Waals surface area (Å²) in [7, 11) is 0. The third-order valence-electron chi connectivity index (χ3n) is 1.93. The molecule has 0 aliphatic carbocycles. The number of hydrogen-bond acceptors (Lipinski definition) is 4. The second-order valence-electron chi connectivity index (χ2n) is 4.75. The number of esters is 1. The van der Waals surface area contributed by atoms with Crippen molar-refractivity contribution in [3.8, 4) is 0 Å². The number of thiophene rings is 1. The quantitative estimate of drug-likeness (QED) is 0.667. The molecular weight excluding hydrogens is 310 g/mol. The monoisotopic (exact) mass is 325 g/mol. The molecule has 1 atom stereocenters. The van der Waals surface area contributed by atoms with Gasteiger partial charge in [0.25, 0.3) is 11.3 Å². The number of halogens is 1. The lowest BCUT2D eigenvalue weighted by molar-refractivity contribution is -0.154. The fourth-order valence-corrected chi connectivity index (χ4v) is 3.02. The summed E-state index contributed by atoms with van der Waals surface area (Å²) in [6.07, 6.45) is 0.0269. The molecule has 0 saturated heterocycles. The highest BCUT2D eigenvalue weighted by Gasteiger charge is 2.20. The molecule has 0 amide bonds. The molecule has 0 saturated carbocycles. The van der Waals surface area contributed by atoms with Crippen LogP contribution in [0.4, 0.5) is 5.00 Å². The third-order valence-corrected chi connectivity index (χ3v) is 4.06. The molecule has 108 valence electrons. The Morgan fingerprint density at radius 3 is 2.58 bits per heavy atom. The van der Waals surface area contributed by atoms with E-state index in [0.29, 0.717) is 9.34 Å². The number of nitrogens with zero attached hydrogens (tertiary/aromatic N) is 1. The van der Waals surface area contributed by atoms with Gasteiger partial charge in [0.2, 0.25) is 0 Å². The summed E-state index contributed by atoms with van der Waals surface area (Å²) in [5.41, 5.74) is -0.563. The Bertz CT molecular complexity index is 470. The summed E-state index contributed by atoms with van der Waals surface area (Å²) >= 11 is 4.75. The fourth-order valence-electron chi connectivity index (χ4n) is 1.29. The van der Waals surface area contributed by atoms with Crippen LogP contribution in [0.1, 0.15) is 27.2 Å². The molecule has 8 heteroatoms. The van der Waals surface area contributed by atoms with Crippen molar-refractivity contribution in [3.63, 3.8) is 0 Å². The Morgan fingerprint density at radius 1 is 1.53 bits per heavy atom. The summed E-state index contributed by atoms with van der Waals surface area (Å²) < 4.78 is 27.3. The summed E-state index contributed by atoms with van der Waals surface area (Å²) in [6, 6.07) is 3.27. The lowest BCUT2D eigenvalue weighted by Crippen LogP contribution is -2.30. The summed E-state index contributed by atoms with van der Waals surface area (Å²) in [4.78, 5) is 11.6. The lowest BCUT2D eigenvalue weighted by Gasteiger charge is -2.21. The van der Waals surface area contributed by atoms with Gasteiger partial charge in [0.05, 0.1) is 10.8 Å². The molecule has 0 aliphatic heterocycles. The van der Waals surface area contributed by atoms with Gasteiger partial charge in [-0.05, 0) is 32.9 Å². The summed E-state index contributed by atoms with van der Waals surface area (Å²) in [5.74, 6) is -0.411. The first-order valence-electron chi connectivity index (χ1n) is 5.55. The van der Waals surface area contributed by atoms with Crippen molar-refractivity contribution in [2.45, 2.75) is 32.8 Å². The molecule has 0 spiro atoms. The second-order valence-corrected chi connectivity index (χ2v) is 7.34. The molecule has 19 heavy (non-hydrogen) atoms. The van der Waals surface area contributed by atoms with E-state index in [4.69, 9.17) is 16.3 Å². The highest BCUT2D eigenvalue weighted by Crippen LogP contribution is 2.30. The molecule has 1 aromatic rings. The van der Waals surface area contributed by atoms with Crippen molar-refractivity contribution >= 4 is 45.2 Å². The Morgan fingerprint density at radius 2 is 2.16 bits per heavy atom. The van der Waals surface area contributed by atoms with Crippen molar-refractivity contribution in [2.75, 3.05) is 10.8 Å². The van der Waals surface area contributed by atoms with Crippen molar-refractivity contribution in [3.05, 3.63) is 16.5 Å². The van der Waals surface area contributed by atoms with E-state index in [0.717, 1.165) is 0 Å². The second kappa shape index (κ2) is 6.69. The normalized spacial score (nSPS) is 13.1. The van der Waals surface area contributed by atoms with Crippen LogP contribution in [0.25, 0.3) is 0 Å². The minimum atomic E-state index is -2.20. The van der Waals surface area contributed by atoms with Crippen LogP contribution < -0.4 is 4.31 Å². The van der Waals surface area contributed by atoms with Crippen LogP contribution in [0.3, 0.4) is 0 Å². The van der Waals surface area contributed by atoms with Gasteiger partial charge in [-0.3, -0.25) is 13.7 Å². The van der Waals surface area contributed by atoms with Gasteiger partial charge in [-0.1, -0.05) is 11.6 Å². The smallest absolute Gasteiger partial charge is 0.308 e. The van der Waals surface area contributed by atoms with E-state index < -0.39 is 22.8 Å². The molecule has 0 aliphatic rings. The predicted molar refractivity (Wildman–Crippen MR) is 77.9 cm³/mol. The molecular formula is C11H16ClNO4S2. The zero-order valence-electron chi connectivity index (χ0n) is 10.9. The number of hydrogen-bond donors (Lipinski definition) is 1. The van der Waals surface area contributed by atoms with Gasteiger partial charge in [-0.2, -0.15) is 0 Å². The zero-order valence-corrected chi connectivity index (χ0v) is 13.3. The molecule has 1 unspecified atom stereocenters. The molecule has 5 nitrogen and oxygen atoms in total. The number of carbonyl (C=O) groups is 1. The van der Waals surface area contributed by atoms with E-state index in [-0.39, 0.29) is 13.0 Å². The highest BCUT2D eigenvalue weighted by atomic mass is 35.5. The lowest BCUT2D eigenvalue weighted by atomic mass is 10.2. The topological polar surface area (TPSA) is 66.8 Å². The molecule has 1 rings (SSSR count). The average molecular weight is 326 g/mol. The van der Waals surface area contributed by atoms with Crippen molar-refractivity contribution < 1.29 is 18.3 Å². The Labute approximate surface area is 123 Å². The van der Waals surface area contributed by atoms with E-state index in [1.807, 2.05) is 0 Å². The minimum Gasteiger partial charge on any atom is -0.460 e. The largest absolute Gasteiger partial charge is 0.460 e. The Kier molecular flexibility index (Phi) is 5.79. The molecule has 0 aromatic carbocycles. The van der Waals surface area contributed by atoms with Crippen LogP contribution in [0.2, 0.25) is 4.34 Å². The van der Waals surface area contributed by atoms with E-state index in [1.165, 1.54) is 15.6 Å². The molecule has 1 N–H and O–H groups in total. The van der Waals surface area contributed by atoms with Gasteiger partial charge >= 0.3 is 5.97 Å². The Balaban J connectivity index is 2.61. The van der Waals surface area contributed by atoms with Crippen molar-refractivity contribution in [1.82, 2.24) is 0 Å². The van der Waals surface area contributed by atoms with E-state index in [9.17, 15) is 13.6 Å². The SMILES string of the molecule is CC(C)(C)OC(=O)CCN(c1ccc(Cl)s1)S(=O)O. The fraction of sp³-hybridized carbons (Fsp3) is 0.545. The van der Waals surface area contributed by atoms with Crippen LogP contribution in [-0.4, -0.2) is 26.9 Å². The summed E-state index contributed by atoms with van der Waals surface area (Å²) in [5, 5.41) is 0.536. The van der Waals surface area contributed by atoms with Gasteiger partial charge in [0.1, 0.15) is 10.6 Å². The van der Waals surface area contributed by atoms with E-state index in [2.05, 4.69) is 0 Å². The van der Waals surface area contributed by atoms with E-state index in [1.54, 1.807) is 32.9 Å². The highest BCUT2D eigenvalue weighted by molar-refractivity contribution is 7.81. The van der Waals surface area contributed by atoms with Crippen LogP contribution >= 0.6 is 22.9 Å². The van der Waals surface area contributed by atoms with Gasteiger partial charge in [0, 0.05) is 6.54 Å². The molecule has 1 heterocycles. The standard InChI is InChI=1S/C11H16ClNO4S2/c1-11(2,3)17-10(14)6-7-13(19(15)16)9-5-4-8(12)18-9/h4-5H,6-7H2,1-3H3,(H,15,16). The molecule has 0 fully saturated rings. The Hall–Kier alpha value is -0.630. The third kappa shape index (κ3) is 5.90. The maximum Gasteiger partial charge on any atom is 0.308 e. The van der Waals surface area contributed by atoms with Gasteiger partial charge in [-0.25, -0.2) is 4.21 Å². The van der Waals surface area contributed by atoms with Gasteiger partial charge < -0.3 is 4.74 Å². The molecule has 0 bridgehead atoms. The first-order valence-corrected chi connectivity index (χ1v) is 7.80. The molecule has 0 radical (unpaired) electrons. The maximum absolute atomic E-state index is 11.6. The van der Waals surface area contributed by atoms with Crippen molar-refractivity contribution in [1.29, 1.82) is 0 Å². The number of anilines is 1. The van der Waals surface area contributed by atoms with Crippen LogP contribution in [0, 0.1) is 0 Å². The molecule has 1 aromatic heterocycles. The zero-order chi connectivity index (χ0) is 14.6. The number of carbonyl (C=O) groups excluding carboxylic acids is 1. The van der Waals surface area contributed by atoms with Crippen LogP contribution in [0.15, 0.2) is 12.1 Å². The van der Waals surface area contributed by atoms with E-state index >= 15 is 0 Å². The number of ether oxygens (including phenoxy) is 1. The van der Waals surface area contributed by atoms with Crippen molar-refractivity contribution in [2.24, 2.45) is 0 Å². The van der Waals surface area contributed by atoms with Crippen LogP contribution in [-0.2, 0) is 20.8 Å². The first kappa shape index (κ1) is 16.4. The average Bonchev–Trinajstić information content (AvgIpc) is 2.61. The minimum absolute atomic E-state index is 0.0269. The summed E-state index contributed by atoms with van der Waals surface area (Å²) in [6.45, 7) is 5.40. The van der Waals surface area contributed by atoms with Gasteiger partial charge in [0.15, 0.2) is 0 Å². The number of rotatable bonds is 5. The first-order chi connectivity index (χ1) is 8.69. The predicted octanol–water partition coefficient (Wildman–Crippen LogP) is 3.08. The maximum atomic E-state index is 11.6.